The summed E-state index contributed by atoms with van der Waals surface area (Å²) in [6.45, 7) is 14.5. The Morgan fingerprint density at radius 3 is 1.50 bits per heavy atom. The monoisotopic (exact) mass is 193 g/mol. The minimum absolute atomic E-state index is 0. The highest BCUT2D eigenvalue weighted by molar-refractivity contribution is 4.38. The van der Waals surface area contributed by atoms with E-state index in [1.165, 1.54) is 43.5 Å². The smallest absolute Gasteiger partial charge is 0.0786 e. The molecule has 0 aromatic carbocycles. The van der Waals surface area contributed by atoms with Crippen LogP contribution in [0.25, 0.3) is 0 Å². The van der Waals surface area contributed by atoms with Gasteiger partial charge in [-0.15, -0.1) is 0 Å². The van der Waals surface area contributed by atoms with Crippen molar-refractivity contribution in [2.24, 2.45) is 0 Å². The van der Waals surface area contributed by atoms with Crippen LogP contribution < -0.4 is 12.4 Å². The van der Waals surface area contributed by atoms with E-state index in [1.54, 1.807) is 0 Å². The number of unbranched alkanes of at least 4 members (excludes halogenated alkanes) is 1. The summed E-state index contributed by atoms with van der Waals surface area (Å²) in [4.78, 5) is 0. The molecule has 0 aliphatic rings. The zero-order valence-corrected chi connectivity index (χ0v) is 9.82. The van der Waals surface area contributed by atoms with Gasteiger partial charge in [0.1, 0.15) is 0 Å². The van der Waals surface area contributed by atoms with Gasteiger partial charge in [-0.3, -0.25) is 0 Å². The summed E-state index contributed by atoms with van der Waals surface area (Å²) in [5.74, 6) is 0. The summed E-state index contributed by atoms with van der Waals surface area (Å²) in [7, 11) is 0. The number of halogens is 1. The van der Waals surface area contributed by atoms with Crippen molar-refractivity contribution in [1.82, 2.24) is 0 Å². The van der Waals surface area contributed by atoms with Crippen LogP contribution in [-0.2, 0) is 0 Å². The molecule has 0 amide bonds. The lowest BCUT2D eigenvalue weighted by Gasteiger charge is -2.35. The van der Waals surface area contributed by atoms with Crippen LogP contribution in [0.1, 0.15) is 40.5 Å². The van der Waals surface area contributed by atoms with E-state index in [0.717, 1.165) is 0 Å². The quantitative estimate of drug-likeness (QED) is 0.507. The lowest BCUT2D eigenvalue weighted by atomic mass is 10.2. The number of hydrogen-bond donors (Lipinski definition) is 0. The van der Waals surface area contributed by atoms with E-state index in [-0.39, 0.29) is 12.4 Å². The zero-order valence-electron chi connectivity index (χ0n) is 9.07. The first kappa shape index (κ1) is 14.8. The Hall–Kier alpha value is 0.250. The number of hydrogen-bond acceptors (Lipinski definition) is 0. The van der Waals surface area contributed by atoms with Crippen molar-refractivity contribution in [3.8, 4) is 0 Å². The van der Waals surface area contributed by atoms with E-state index in [0.29, 0.717) is 0 Å². The second-order valence-electron chi connectivity index (χ2n) is 3.37. The van der Waals surface area contributed by atoms with Crippen molar-refractivity contribution in [1.29, 1.82) is 0 Å². The lowest BCUT2D eigenvalue weighted by molar-refractivity contribution is -0.923. The number of nitrogens with zero attached hydrogens (tertiary/aromatic N) is 1. The molecule has 0 atom stereocenters. The third-order valence-corrected chi connectivity index (χ3v) is 3.00. The van der Waals surface area contributed by atoms with Gasteiger partial charge in [-0.25, -0.2) is 0 Å². The SMILES string of the molecule is CCCC[N+](CC)(CC)CC.[Cl-]. The fourth-order valence-corrected chi connectivity index (χ4v) is 1.64. The lowest BCUT2D eigenvalue weighted by Crippen LogP contribution is -3.00. The van der Waals surface area contributed by atoms with Crippen LogP contribution in [0.2, 0.25) is 0 Å². The van der Waals surface area contributed by atoms with Crippen LogP contribution in [0.15, 0.2) is 0 Å². The van der Waals surface area contributed by atoms with Crippen LogP contribution >= 0.6 is 0 Å². The molecule has 0 aromatic rings. The fraction of sp³-hybridized carbons (Fsp3) is 1.00. The Labute approximate surface area is 84.1 Å². The van der Waals surface area contributed by atoms with Gasteiger partial charge >= 0.3 is 0 Å². The van der Waals surface area contributed by atoms with Crippen molar-refractivity contribution in [3.63, 3.8) is 0 Å². The minimum atomic E-state index is 0. The van der Waals surface area contributed by atoms with Gasteiger partial charge in [-0.05, 0) is 27.2 Å². The Morgan fingerprint density at radius 1 is 0.833 bits per heavy atom. The maximum Gasteiger partial charge on any atom is 0.0786 e. The van der Waals surface area contributed by atoms with E-state index >= 15 is 0 Å². The Morgan fingerprint density at radius 2 is 1.25 bits per heavy atom. The second kappa shape index (κ2) is 7.88. The Kier molecular flexibility index (Phi) is 9.69. The number of rotatable bonds is 6. The molecule has 0 aliphatic carbocycles. The molecule has 0 saturated heterocycles. The van der Waals surface area contributed by atoms with Gasteiger partial charge < -0.3 is 16.9 Å². The standard InChI is InChI=1S/C10H24N.ClH/c1-5-9-10-11(6-2,7-3)8-4;/h5-10H2,1-4H3;1H/q+1;/p-1. The van der Waals surface area contributed by atoms with E-state index in [4.69, 9.17) is 0 Å². The molecule has 0 bridgehead atoms. The van der Waals surface area contributed by atoms with Gasteiger partial charge in [0.25, 0.3) is 0 Å². The Balaban J connectivity index is 0. The first-order chi connectivity index (χ1) is 5.24. The molecule has 2 heteroatoms. The molecule has 0 aromatic heterocycles. The topological polar surface area (TPSA) is 0 Å². The summed E-state index contributed by atoms with van der Waals surface area (Å²) >= 11 is 0. The first-order valence-corrected chi connectivity index (χ1v) is 5.09. The van der Waals surface area contributed by atoms with Crippen molar-refractivity contribution in [3.05, 3.63) is 0 Å². The highest BCUT2D eigenvalue weighted by Crippen LogP contribution is 2.07. The molecule has 0 fully saturated rings. The highest BCUT2D eigenvalue weighted by Gasteiger charge is 2.18. The summed E-state index contributed by atoms with van der Waals surface area (Å²) in [6.07, 6.45) is 2.72. The molecule has 0 heterocycles. The summed E-state index contributed by atoms with van der Waals surface area (Å²) in [5.41, 5.74) is 0. The third-order valence-electron chi connectivity index (χ3n) is 3.00. The molecule has 0 unspecified atom stereocenters. The van der Waals surface area contributed by atoms with E-state index in [9.17, 15) is 0 Å². The average molecular weight is 194 g/mol. The van der Waals surface area contributed by atoms with E-state index < -0.39 is 0 Å². The Bertz CT molecular complexity index is 81.6. The van der Waals surface area contributed by atoms with Gasteiger partial charge in [0.2, 0.25) is 0 Å². The van der Waals surface area contributed by atoms with Gasteiger partial charge in [0.05, 0.1) is 26.2 Å². The van der Waals surface area contributed by atoms with Crippen LogP contribution in [0, 0.1) is 0 Å². The average Bonchev–Trinajstić information content (AvgIpc) is 2.08. The summed E-state index contributed by atoms with van der Waals surface area (Å²) in [5, 5.41) is 0. The van der Waals surface area contributed by atoms with Gasteiger partial charge in [0.15, 0.2) is 0 Å². The molecular weight excluding hydrogens is 170 g/mol. The van der Waals surface area contributed by atoms with Gasteiger partial charge in [-0.2, -0.15) is 0 Å². The van der Waals surface area contributed by atoms with Crippen molar-refractivity contribution < 1.29 is 16.9 Å². The van der Waals surface area contributed by atoms with Crippen LogP contribution in [0.4, 0.5) is 0 Å². The van der Waals surface area contributed by atoms with E-state index in [2.05, 4.69) is 27.7 Å². The van der Waals surface area contributed by atoms with Crippen LogP contribution in [0.3, 0.4) is 0 Å². The first-order valence-electron chi connectivity index (χ1n) is 5.09. The second-order valence-corrected chi connectivity index (χ2v) is 3.37. The molecule has 76 valence electrons. The fourth-order valence-electron chi connectivity index (χ4n) is 1.64. The molecule has 0 rings (SSSR count). The van der Waals surface area contributed by atoms with Crippen molar-refractivity contribution >= 4 is 0 Å². The predicted octanol–water partition coefficient (Wildman–Crippen LogP) is -0.333. The third kappa shape index (κ3) is 4.32. The maximum atomic E-state index is 2.31. The van der Waals surface area contributed by atoms with Crippen molar-refractivity contribution in [2.75, 3.05) is 26.2 Å². The molecule has 0 saturated carbocycles. The van der Waals surface area contributed by atoms with Gasteiger partial charge in [-0.1, -0.05) is 13.3 Å². The van der Waals surface area contributed by atoms with Gasteiger partial charge in [0, 0.05) is 0 Å². The zero-order chi connectivity index (χ0) is 8.74. The molecule has 0 spiro atoms. The van der Waals surface area contributed by atoms with E-state index in [1.807, 2.05) is 0 Å². The molecule has 1 nitrogen and oxygen atoms in total. The molecular formula is C10H24ClN. The summed E-state index contributed by atoms with van der Waals surface area (Å²) in [6, 6.07) is 0. The normalized spacial score (nSPS) is 11.0. The number of quaternary nitrogens is 1. The minimum Gasteiger partial charge on any atom is -1.00 e. The van der Waals surface area contributed by atoms with Crippen LogP contribution in [0.5, 0.6) is 0 Å². The largest absolute Gasteiger partial charge is 1.00 e. The molecule has 12 heavy (non-hydrogen) atoms. The predicted molar refractivity (Wildman–Crippen MR) is 51.7 cm³/mol. The highest BCUT2D eigenvalue weighted by atomic mass is 35.5. The maximum absolute atomic E-state index is 2.31. The molecule has 0 radical (unpaired) electrons. The van der Waals surface area contributed by atoms with Crippen LogP contribution in [-0.4, -0.2) is 30.7 Å². The molecule has 0 N–H and O–H groups in total. The van der Waals surface area contributed by atoms with Crippen molar-refractivity contribution in [2.45, 2.75) is 40.5 Å². The summed E-state index contributed by atoms with van der Waals surface area (Å²) < 4.78 is 1.31. The molecule has 0 aliphatic heterocycles.